The number of halogens is 3. The summed E-state index contributed by atoms with van der Waals surface area (Å²) in [7, 11) is 1.43. The molecule has 0 aromatic heterocycles. The number of hydrogen-bond donors (Lipinski definition) is 1. The SMILES string of the molecule is COC(CNC(=O)C(F)(F)F)C1CC1. The van der Waals surface area contributed by atoms with Crippen LogP contribution in [0.25, 0.3) is 0 Å². The molecule has 1 atom stereocenters. The lowest BCUT2D eigenvalue weighted by Gasteiger charge is -2.15. The molecule has 1 rings (SSSR count). The predicted molar refractivity (Wildman–Crippen MR) is 42.6 cm³/mol. The first-order chi connectivity index (χ1) is 6.45. The molecule has 0 radical (unpaired) electrons. The van der Waals surface area contributed by atoms with E-state index >= 15 is 0 Å². The van der Waals surface area contributed by atoms with Gasteiger partial charge in [0, 0.05) is 13.7 Å². The van der Waals surface area contributed by atoms with Crippen LogP contribution in [0.1, 0.15) is 12.8 Å². The molecule has 14 heavy (non-hydrogen) atoms. The minimum Gasteiger partial charge on any atom is -0.379 e. The number of alkyl halides is 3. The number of carbonyl (C=O) groups is 1. The highest BCUT2D eigenvalue weighted by atomic mass is 19.4. The molecule has 0 aromatic rings. The van der Waals surface area contributed by atoms with Crippen LogP contribution in [0.5, 0.6) is 0 Å². The second-order valence-electron chi connectivity index (χ2n) is 3.32. The topological polar surface area (TPSA) is 38.3 Å². The van der Waals surface area contributed by atoms with Gasteiger partial charge in [-0.05, 0) is 18.8 Å². The third kappa shape index (κ3) is 3.17. The molecule has 0 heterocycles. The van der Waals surface area contributed by atoms with Crippen LogP contribution >= 0.6 is 0 Å². The molecule has 0 bridgehead atoms. The predicted octanol–water partition coefficient (Wildman–Crippen LogP) is 1.09. The van der Waals surface area contributed by atoms with Gasteiger partial charge in [-0.3, -0.25) is 4.79 Å². The van der Waals surface area contributed by atoms with E-state index in [1.807, 2.05) is 0 Å². The van der Waals surface area contributed by atoms with Gasteiger partial charge >= 0.3 is 12.1 Å². The Hall–Kier alpha value is -0.780. The van der Waals surface area contributed by atoms with Gasteiger partial charge in [-0.2, -0.15) is 13.2 Å². The van der Waals surface area contributed by atoms with Crippen molar-refractivity contribution in [2.24, 2.45) is 5.92 Å². The van der Waals surface area contributed by atoms with Gasteiger partial charge in [0.15, 0.2) is 0 Å². The van der Waals surface area contributed by atoms with Crippen molar-refractivity contribution in [3.05, 3.63) is 0 Å². The number of methoxy groups -OCH3 is 1. The van der Waals surface area contributed by atoms with Crippen LogP contribution in [-0.4, -0.2) is 31.8 Å². The maximum absolute atomic E-state index is 11.8. The second-order valence-corrected chi connectivity index (χ2v) is 3.32. The molecule has 1 aliphatic carbocycles. The van der Waals surface area contributed by atoms with E-state index in [1.165, 1.54) is 7.11 Å². The lowest BCUT2D eigenvalue weighted by Crippen LogP contribution is -2.41. The van der Waals surface area contributed by atoms with Gasteiger partial charge in [-0.1, -0.05) is 0 Å². The maximum atomic E-state index is 11.8. The summed E-state index contributed by atoms with van der Waals surface area (Å²) >= 11 is 0. The standard InChI is InChI=1S/C8H12F3NO2/c1-14-6(5-2-3-5)4-12-7(13)8(9,10)11/h5-6H,2-4H2,1H3,(H,12,13). The van der Waals surface area contributed by atoms with Crippen molar-refractivity contribution < 1.29 is 22.7 Å². The summed E-state index contributed by atoms with van der Waals surface area (Å²) in [6, 6.07) is 0. The van der Waals surface area contributed by atoms with Gasteiger partial charge in [0.2, 0.25) is 0 Å². The molecule has 0 spiro atoms. The van der Waals surface area contributed by atoms with E-state index in [9.17, 15) is 18.0 Å². The molecule has 6 heteroatoms. The Morgan fingerprint density at radius 1 is 1.57 bits per heavy atom. The van der Waals surface area contributed by atoms with Crippen molar-refractivity contribution in [3.63, 3.8) is 0 Å². The van der Waals surface area contributed by atoms with Crippen LogP contribution in [-0.2, 0) is 9.53 Å². The Bertz CT molecular complexity index is 213. The molecule has 0 aliphatic heterocycles. The third-order valence-electron chi connectivity index (χ3n) is 2.17. The number of amides is 1. The van der Waals surface area contributed by atoms with Crippen LogP contribution < -0.4 is 5.32 Å². The highest BCUT2D eigenvalue weighted by molar-refractivity contribution is 5.81. The number of ether oxygens (including phenoxy) is 1. The van der Waals surface area contributed by atoms with Crippen LogP contribution in [0.3, 0.4) is 0 Å². The van der Waals surface area contributed by atoms with Gasteiger partial charge < -0.3 is 10.1 Å². The number of hydrogen-bond acceptors (Lipinski definition) is 2. The highest BCUT2D eigenvalue weighted by Gasteiger charge is 2.39. The highest BCUT2D eigenvalue weighted by Crippen LogP contribution is 2.33. The van der Waals surface area contributed by atoms with Crippen molar-refractivity contribution in [2.75, 3.05) is 13.7 Å². The Morgan fingerprint density at radius 3 is 2.50 bits per heavy atom. The first-order valence-corrected chi connectivity index (χ1v) is 4.33. The lowest BCUT2D eigenvalue weighted by atomic mass is 10.2. The molecule has 1 aliphatic rings. The Balaban J connectivity index is 2.27. The summed E-state index contributed by atoms with van der Waals surface area (Å²) in [5.74, 6) is -1.60. The molecule has 3 nitrogen and oxygen atoms in total. The van der Waals surface area contributed by atoms with E-state index in [0.29, 0.717) is 5.92 Å². The van der Waals surface area contributed by atoms with Gasteiger partial charge in [0.05, 0.1) is 6.10 Å². The molecular formula is C8H12F3NO2. The van der Waals surface area contributed by atoms with E-state index in [-0.39, 0.29) is 12.6 Å². The summed E-state index contributed by atoms with van der Waals surface area (Å²) in [4.78, 5) is 10.4. The largest absolute Gasteiger partial charge is 0.471 e. The van der Waals surface area contributed by atoms with Crippen molar-refractivity contribution in [3.8, 4) is 0 Å². The molecule has 1 N–H and O–H groups in total. The quantitative estimate of drug-likeness (QED) is 0.755. The van der Waals surface area contributed by atoms with Gasteiger partial charge in [-0.15, -0.1) is 0 Å². The summed E-state index contributed by atoms with van der Waals surface area (Å²) in [5.41, 5.74) is 0. The molecule has 1 fully saturated rings. The number of carbonyl (C=O) groups excluding carboxylic acids is 1. The molecule has 1 unspecified atom stereocenters. The zero-order valence-corrected chi connectivity index (χ0v) is 7.73. The average Bonchev–Trinajstić information content (AvgIpc) is 2.87. The fraction of sp³-hybridized carbons (Fsp3) is 0.875. The van der Waals surface area contributed by atoms with Gasteiger partial charge in [0.25, 0.3) is 0 Å². The summed E-state index contributed by atoms with van der Waals surface area (Å²) < 4.78 is 40.3. The third-order valence-corrected chi connectivity index (χ3v) is 2.17. The zero-order valence-electron chi connectivity index (χ0n) is 7.73. The number of nitrogens with one attached hydrogen (secondary N) is 1. The van der Waals surface area contributed by atoms with E-state index in [1.54, 1.807) is 5.32 Å². The maximum Gasteiger partial charge on any atom is 0.471 e. The fourth-order valence-corrected chi connectivity index (χ4v) is 1.20. The van der Waals surface area contributed by atoms with Gasteiger partial charge in [-0.25, -0.2) is 0 Å². The molecule has 1 saturated carbocycles. The summed E-state index contributed by atoms with van der Waals surface area (Å²) in [6.45, 7) is -0.0699. The summed E-state index contributed by atoms with van der Waals surface area (Å²) in [6.07, 6.45) is -3.18. The van der Waals surface area contributed by atoms with Crippen molar-refractivity contribution >= 4 is 5.91 Å². The van der Waals surface area contributed by atoms with E-state index in [4.69, 9.17) is 4.74 Å². The average molecular weight is 211 g/mol. The normalized spacial score (nSPS) is 19.1. The first kappa shape index (κ1) is 11.3. The minimum atomic E-state index is -4.80. The van der Waals surface area contributed by atoms with E-state index < -0.39 is 12.1 Å². The van der Waals surface area contributed by atoms with Crippen LogP contribution in [0.15, 0.2) is 0 Å². The minimum absolute atomic E-state index is 0.0699. The molecular weight excluding hydrogens is 199 g/mol. The molecule has 82 valence electrons. The van der Waals surface area contributed by atoms with Gasteiger partial charge in [0.1, 0.15) is 0 Å². The van der Waals surface area contributed by atoms with Crippen molar-refractivity contribution in [1.29, 1.82) is 0 Å². The molecule has 1 amide bonds. The van der Waals surface area contributed by atoms with E-state index in [0.717, 1.165) is 12.8 Å². The van der Waals surface area contributed by atoms with Crippen LogP contribution in [0.4, 0.5) is 13.2 Å². The summed E-state index contributed by atoms with van der Waals surface area (Å²) in [5, 5.41) is 1.81. The lowest BCUT2D eigenvalue weighted by molar-refractivity contribution is -0.174. The van der Waals surface area contributed by atoms with Crippen molar-refractivity contribution in [1.82, 2.24) is 5.32 Å². The fourth-order valence-electron chi connectivity index (χ4n) is 1.20. The van der Waals surface area contributed by atoms with Crippen LogP contribution in [0.2, 0.25) is 0 Å². The first-order valence-electron chi connectivity index (χ1n) is 4.33. The Morgan fingerprint density at radius 2 is 2.14 bits per heavy atom. The smallest absolute Gasteiger partial charge is 0.379 e. The monoisotopic (exact) mass is 211 g/mol. The zero-order chi connectivity index (χ0) is 10.8. The molecule has 0 saturated heterocycles. The Labute approximate surface area is 79.6 Å². The number of rotatable bonds is 4. The van der Waals surface area contributed by atoms with Crippen LogP contribution in [0, 0.1) is 5.92 Å². The van der Waals surface area contributed by atoms with Crippen molar-refractivity contribution in [2.45, 2.75) is 25.1 Å². The second kappa shape index (κ2) is 4.16. The Kier molecular flexibility index (Phi) is 3.36. The van der Waals surface area contributed by atoms with E-state index in [2.05, 4.69) is 0 Å². The molecule has 0 aromatic carbocycles.